The number of allylic oxidation sites excluding steroid dienone is 5. The van der Waals surface area contributed by atoms with Gasteiger partial charge in [0.05, 0.1) is 11.8 Å². The minimum atomic E-state index is -0.303. The van der Waals surface area contributed by atoms with Gasteiger partial charge in [-0.3, -0.25) is 0 Å². The Morgan fingerprint density at radius 1 is 1.06 bits per heavy atom. The second-order valence-corrected chi connectivity index (χ2v) is 12.4. The molecule has 3 fully saturated rings. The minimum Gasteiger partial charge on any atom is -0.393 e. The van der Waals surface area contributed by atoms with Crippen LogP contribution in [-0.2, 0) is 4.84 Å². The highest BCUT2D eigenvalue weighted by molar-refractivity contribution is 5.84. The molecule has 3 saturated carbocycles. The Morgan fingerprint density at radius 2 is 1.85 bits per heavy atom. The van der Waals surface area contributed by atoms with Crippen LogP contribution in [0.25, 0.3) is 0 Å². The van der Waals surface area contributed by atoms with E-state index >= 15 is 0 Å². The number of hydrogen-bond acceptors (Lipinski definition) is 3. The van der Waals surface area contributed by atoms with Gasteiger partial charge in [0, 0.05) is 6.42 Å². The van der Waals surface area contributed by atoms with Gasteiger partial charge in [-0.1, -0.05) is 69.7 Å². The number of rotatable bonds is 5. The van der Waals surface area contributed by atoms with Gasteiger partial charge in [-0.2, -0.15) is 0 Å². The van der Waals surface area contributed by atoms with Crippen molar-refractivity contribution in [2.24, 2.45) is 40.2 Å². The first-order valence-electron chi connectivity index (χ1n) is 13.6. The maximum absolute atomic E-state index is 10.4. The first-order valence-corrected chi connectivity index (χ1v) is 13.6. The molecule has 4 aliphatic rings. The van der Waals surface area contributed by atoms with E-state index in [9.17, 15) is 5.11 Å². The Balaban J connectivity index is 1.53. The Morgan fingerprint density at radius 3 is 2.55 bits per heavy atom. The van der Waals surface area contributed by atoms with Gasteiger partial charge in [0.25, 0.3) is 0 Å². The van der Waals surface area contributed by atoms with E-state index in [1.807, 2.05) is 0 Å². The Kier molecular flexibility index (Phi) is 7.29. The van der Waals surface area contributed by atoms with Crippen LogP contribution in [0.5, 0.6) is 0 Å². The van der Waals surface area contributed by atoms with E-state index in [4.69, 9.17) is 4.84 Å². The van der Waals surface area contributed by atoms with Crippen LogP contribution in [0.2, 0.25) is 0 Å². The standard InChI is InChI=1S/C30H47NO2/c1-20(2)21(3)9-10-22(4)27-13-14-28-24(8-7-16-29(27,28)6)11-12-25-18-26(32)15-17-30(25)19-23(5)31-33-30/h9-12,20-22,26-28,32H,7-8,13-19H2,1-6H3/b10-9+,24-11+,25-12+/t21-,22+,26-,27+,28-,29+,30+/m0/s1. The first-order chi connectivity index (χ1) is 15.6. The number of aliphatic hydroxyl groups excluding tert-OH is 1. The molecule has 1 spiro atoms. The van der Waals surface area contributed by atoms with E-state index in [1.165, 1.54) is 37.7 Å². The molecule has 7 atom stereocenters. The fourth-order valence-corrected chi connectivity index (χ4v) is 7.33. The third kappa shape index (κ3) is 4.90. The van der Waals surface area contributed by atoms with E-state index < -0.39 is 0 Å². The first kappa shape index (κ1) is 24.8. The van der Waals surface area contributed by atoms with Crippen molar-refractivity contribution < 1.29 is 9.94 Å². The topological polar surface area (TPSA) is 41.8 Å². The van der Waals surface area contributed by atoms with Crippen molar-refractivity contribution in [1.82, 2.24) is 0 Å². The molecule has 3 heteroatoms. The van der Waals surface area contributed by atoms with Crippen LogP contribution in [0.15, 0.2) is 40.6 Å². The van der Waals surface area contributed by atoms with Crippen molar-refractivity contribution in [3.05, 3.63) is 35.5 Å². The van der Waals surface area contributed by atoms with Crippen LogP contribution < -0.4 is 0 Å². The fourth-order valence-electron chi connectivity index (χ4n) is 7.33. The summed E-state index contributed by atoms with van der Waals surface area (Å²) in [5.41, 5.74) is 4.05. The van der Waals surface area contributed by atoms with Crippen molar-refractivity contribution in [2.75, 3.05) is 0 Å². The van der Waals surface area contributed by atoms with Gasteiger partial charge in [-0.05, 0) is 98.9 Å². The lowest BCUT2D eigenvalue weighted by atomic mass is 9.61. The van der Waals surface area contributed by atoms with Crippen LogP contribution in [-0.4, -0.2) is 22.5 Å². The summed E-state index contributed by atoms with van der Waals surface area (Å²) in [6.45, 7) is 14.1. The summed E-state index contributed by atoms with van der Waals surface area (Å²) in [6, 6.07) is 0. The molecule has 1 heterocycles. The van der Waals surface area contributed by atoms with E-state index in [2.05, 4.69) is 71.0 Å². The van der Waals surface area contributed by atoms with E-state index in [0.717, 1.165) is 30.9 Å². The molecule has 0 aromatic carbocycles. The van der Waals surface area contributed by atoms with Gasteiger partial charge in [0.2, 0.25) is 0 Å². The van der Waals surface area contributed by atoms with Gasteiger partial charge in [0.1, 0.15) is 0 Å². The number of aliphatic hydroxyl groups is 1. The minimum absolute atomic E-state index is 0.252. The maximum Gasteiger partial charge on any atom is 0.164 e. The molecule has 0 aromatic heterocycles. The summed E-state index contributed by atoms with van der Waals surface area (Å²) < 4.78 is 0. The van der Waals surface area contributed by atoms with Crippen molar-refractivity contribution in [1.29, 1.82) is 0 Å². The molecule has 1 aliphatic heterocycles. The molecule has 1 N–H and O–H groups in total. The van der Waals surface area contributed by atoms with Gasteiger partial charge in [-0.15, -0.1) is 0 Å². The summed E-state index contributed by atoms with van der Waals surface area (Å²) in [6.07, 6.45) is 19.3. The summed E-state index contributed by atoms with van der Waals surface area (Å²) in [7, 11) is 0. The average Bonchev–Trinajstić information content (AvgIpc) is 3.32. The highest BCUT2D eigenvalue weighted by Gasteiger charge is 2.50. The zero-order valence-corrected chi connectivity index (χ0v) is 21.9. The number of nitrogens with zero attached hydrogens (tertiary/aromatic N) is 1. The Labute approximate surface area is 202 Å². The molecule has 0 saturated heterocycles. The molecule has 3 nitrogen and oxygen atoms in total. The highest BCUT2D eigenvalue weighted by Crippen LogP contribution is 2.59. The molecule has 0 unspecified atom stereocenters. The normalized spacial score (nSPS) is 41.1. The molecule has 3 aliphatic carbocycles. The molecule has 184 valence electrons. The smallest absolute Gasteiger partial charge is 0.164 e. The quantitative estimate of drug-likeness (QED) is 0.435. The second kappa shape index (κ2) is 9.72. The summed E-state index contributed by atoms with van der Waals surface area (Å²) in [5, 5.41) is 14.7. The van der Waals surface area contributed by atoms with Crippen LogP contribution in [0.3, 0.4) is 0 Å². The van der Waals surface area contributed by atoms with Crippen molar-refractivity contribution in [2.45, 2.75) is 111 Å². The number of hydrogen-bond donors (Lipinski definition) is 1. The molecule has 0 radical (unpaired) electrons. The van der Waals surface area contributed by atoms with Crippen LogP contribution in [0.1, 0.15) is 99.3 Å². The largest absolute Gasteiger partial charge is 0.393 e. The van der Waals surface area contributed by atoms with E-state index in [0.29, 0.717) is 35.5 Å². The molecule has 0 bridgehead atoms. The molecular weight excluding hydrogens is 406 g/mol. The fraction of sp³-hybridized carbons (Fsp3) is 0.767. The summed E-state index contributed by atoms with van der Waals surface area (Å²) in [4.78, 5) is 5.98. The van der Waals surface area contributed by atoms with Gasteiger partial charge in [0.15, 0.2) is 5.60 Å². The maximum atomic E-state index is 10.4. The zero-order chi connectivity index (χ0) is 23.8. The van der Waals surface area contributed by atoms with Crippen LogP contribution in [0.4, 0.5) is 0 Å². The molecular formula is C30H47NO2. The van der Waals surface area contributed by atoms with Crippen molar-refractivity contribution >= 4 is 5.71 Å². The SMILES string of the molecule is CC1=NO[C@]2(CC[C@H](O)C/C2=C\C=C2/CCC[C@]3(C)[C@@H]([C@H](C)/C=C/[C@H](C)C(C)C)CC[C@@H]23)C1. The summed E-state index contributed by atoms with van der Waals surface area (Å²) >= 11 is 0. The molecule has 33 heavy (non-hydrogen) atoms. The van der Waals surface area contributed by atoms with Crippen LogP contribution >= 0.6 is 0 Å². The lowest BCUT2D eigenvalue weighted by Crippen LogP contribution is -2.38. The van der Waals surface area contributed by atoms with Gasteiger partial charge in [-0.25, -0.2) is 0 Å². The van der Waals surface area contributed by atoms with Crippen molar-refractivity contribution in [3.63, 3.8) is 0 Å². The number of fused-ring (bicyclic) bond motifs is 1. The van der Waals surface area contributed by atoms with Gasteiger partial charge >= 0.3 is 0 Å². The number of oxime groups is 1. The van der Waals surface area contributed by atoms with Crippen LogP contribution in [0, 0.1) is 35.0 Å². The zero-order valence-electron chi connectivity index (χ0n) is 21.9. The molecule has 4 rings (SSSR count). The van der Waals surface area contributed by atoms with Crippen molar-refractivity contribution in [3.8, 4) is 0 Å². The average molecular weight is 454 g/mol. The monoisotopic (exact) mass is 453 g/mol. The Bertz CT molecular complexity index is 836. The third-order valence-electron chi connectivity index (χ3n) is 9.78. The van der Waals surface area contributed by atoms with E-state index in [1.54, 1.807) is 5.57 Å². The van der Waals surface area contributed by atoms with E-state index in [-0.39, 0.29) is 11.7 Å². The predicted octanol–water partition coefficient (Wildman–Crippen LogP) is 7.62. The van der Waals surface area contributed by atoms with Gasteiger partial charge < -0.3 is 9.94 Å². The lowest BCUT2D eigenvalue weighted by Gasteiger charge is -2.44. The predicted molar refractivity (Wildman–Crippen MR) is 138 cm³/mol. The third-order valence-corrected chi connectivity index (χ3v) is 9.78. The molecule has 0 amide bonds. The second-order valence-electron chi connectivity index (χ2n) is 12.4. The molecule has 0 aromatic rings. The highest BCUT2D eigenvalue weighted by atomic mass is 16.7. The summed E-state index contributed by atoms with van der Waals surface area (Å²) in [5.74, 6) is 3.46. The lowest BCUT2D eigenvalue weighted by molar-refractivity contribution is -0.0282. The Hall–Kier alpha value is -1.35.